The van der Waals surface area contributed by atoms with Gasteiger partial charge in [-0.15, -0.1) is 0 Å². The lowest BCUT2D eigenvalue weighted by Crippen LogP contribution is -2.58. The Kier molecular flexibility index (Phi) is 5.24. The van der Waals surface area contributed by atoms with Gasteiger partial charge in [0.05, 0.1) is 5.54 Å². The minimum Gasteiger partial charge on any atom is -0.342 e. The number of nitrogens with two attached hydrogens (primary N) is 1. The van der Waals surface area contributed by atoms with Crippen LogP contribution in [0.2, 0.25) is 0 Å². The first-order valence-electron chi connectivity index (χ1n) is 9.44. The van der Waals surface area contributed by atoms with Crippen LogP contribution in [-0.4, -0.2) is 53.3 Å². The molecular weight excluding hydrogens is 290 g/mol. The number of carbonyl (C=O) groups is 2. The Labute approximate surface area is 139 Å². The highest BCUT2D eigenvalue weighted by atomic mass is 16.2. The molecule has 5 heteroatoms. The van der Waals surface area contributed by atoms with E-state index in [0.29, 0.717) is 18.2 Å². The van der Waals surface area contributed by atoms with Gasteiger partial charge in [0.1, 0.15) is 0 Å². The maximum atomic E-state index is 12.8. The van der Waals surface area contributed by atoms with E-state index in [9.17, 15) is 9.59 Å². The Morgan fingerprint density at radius 1 is 1.04 bits per heavy atom. The highest BCUT2D eigenvalue weighted by Gasteiger charge is 2.39. The first kappa shape index (κ1) is 16.7. The fraction of sp³-hybridized carbons (Fsp3) is 0.889. The zero-order chi connectivity index (χ0) is 16.3. The van der Waals surface area contributed by atoms with Crippen LogP contribution in [0.5, 0.6) is 0 Å². The molecule has 23 heavy (non-hydrogen) atoms. The normalized spacial score (nSPS) is 26.4. The largest absolute Gasteiger partial charge is 0.342 e. The van der Waals surface area contributed by atoms with Gasteiger partial charge in [0.25, 0.3) is 0 Å². The van der Waals surface area contributed by atoms with Gasteiger partial charge in [-0.05, 0) is 44.4 Å². The number of rotatable bonds is 3. The number of carbonyl (C=O) groups excluding carboxylic acids is 2. The number of hydrogen-bond donors (Lipinski definition) is 1. The van der Waals surface area contributed by atoms with E-state index in [4.69, 9.17) is 5.73 Å². The lowest BCUT2D eigenvalue weighted by Gasteiger charge is -2.41. The van der Waals surface area contributed by atoms with Crippen LogP contribution in [0.1, 0.15) is 64.2 Å². The van der Waals surface area contributed by atoms with E-state index in [1.165, 1.54) is 6.42 Å². The maximum absolute atomic E-state index is 12.8. The molecule has 0 aromatic carbocycles. The molecule has 1 aliphatic carbocycles. The maximum Gasteiger partial charge on any atom is 0.242 e. The average Bonchev–Trinajstić information content (AvgIpc) is 2.58. The molecule has 0 spiro atoms. The summed E-state index contributed by atoms with van der Waals surface area (Å²) in [7, 11) is 0. The van der Waals surface area contributed by atoms with Crippen molar-refractivity contribution >= 4 is 11.8 Å². The Hall–Kier alpha value is -1.10. The zero-order valence-electron chi connectivity index (χ0n) is 14.3. The van der Waals surface area contributed by atoms with Gasteiger partial charge in [0, 0.05) is 32.6 Å². The van der Waals surface area contributed by atoms with Crippen molar-refractivity contribution in [2.24, 2.45) is 11.7 Å². The minimum atomic E-state index is -0.603. The van der Waals surface area contributed by atoms with Gasteiger partial charge in [-0.25, -0.2) is 0 Å². The molecule has 0 aromatic heterocycles. The van der Waals surface area contributed by atoms with Crippen molar-refractivity contribution in [3.63, 3.8) is 0 Å². The summed E-state index contributed by atoms with van der Waals surface area (Å²) in [6, 6.07) is 0. The second-order valence-corrected chi connectivity index (χ2v) is 7.75. The topological polar surface area (TPSA) is 66.6 Å². The van der Waals surface area contributed by atoms with Crippen molar-refractivity contribution in [3.8, 4) is 0 Å². The van der Waals surface area contributed by atoms with Crippen LogP contribution in [0.3, 0.4) is 0 Å². The van der Waals surface area contributed by atoms with Gasteiger partial charge >= 0.3 is 0 Å². The van der Waals surface area contributed by atoms with E-state index in [-0.39, 0.29) is 5.91 Å². The highest BCUT2D eigenvalue weighted by Crippen LogP contribution is 2.29. The van der Waals surface area contributed by atoms with Crippen molar-refractivity contribution < 1.29 is 9.59 Å². The Morgan fingerprint density at radius 3 is 2.39 bits per heavy atom. The number of hydrogen-bond acceptors (Lipinski definition) is 3. The van der Waals surface area contributed by atoms with Gasteiger partial charge < -0.3 is 15.5 Å². The summed E-state index contributed by atoms with van der Waals surface area (Å²) >= 11 is 0. The number of nitrogens with zero attached hydrogens (tertiary/aromatic N) is 2. The summed E-state index contributed by atoms with van der Waals surface area (Å²) in [5.41, 5.74) is 5.79. The van der Waals surface area contributed by atoms with Gasteiger partial charge in [-0.2, -0.15) is 0 Å². The van der Waals surface area contributed by atoms with E-state index in [1.807, 2.05) is 9.80 Å². The Bertz CT molecular complexity index is 438. The molecular formula is C18H31N3O2. The van der Waals surface area contributed by atoms with Crippen LogP contribution in [0.4, 0.5) is 0 Å². The molecule has 0 aromatic rings. The van der Waals surface area contributed by atoms with Gasteiger partial charge in [0.15, 0.2) is 0 Å². The second kappa shape index (κ2) is 7.20. The molecule has 2 N–H and O–H groups in total. The van der Waals surface area contributed by atoms with Crippen molar-refractivity contribution in [3.05, 3.63) is 0 Å². The van der Waals surface area contributed by atoms with Crippen LogP contribution in [-0.2, 0) is 9.59 Å². The molecule has 1 saturated carbocycles. The van der Waals surface area contributed by atoms with E-state index in [2.05, 4.69) is 0 Å². The fourth-order valence-corrected chi connectivity index (χ4v) is 4.40. The lowest BCUT2D eigenvalue weighted by molar-refractivity contribution is -0.140. The summed E-state index contributed by atoms with van der Waals surface area (Å²) in [6.07, 6.45) is 9.95. The molecule has 0 bridgehead atoms. The molecule has 2 aliphatic heterocycles. The molecule has 3 rings (SSSR count). The molecule has 0 radical (unpaired) electrons. The molecule has 3 fully saturated rings. The Morgan fingerprint density at radius 2 is 1.74 bits per heavy atom. The van der Waals surface area contributed by atoms with Gasteiger partial charge in [0.2, 0.25) is 11.8 Å². The van der Waals surface area contributed by atoms with Crippen LogP contribution in [0.25, 0.3) is 0 Å². The lowest BCUT2D eigenvalue weighted by atomic mass is 9.81. The summed E-state index contributed by atoms with van der Waals surface area (Å²) < 4.78 is 0. The van der Waals surface area contributed by atoms with Gasteiger partial charge in [-0.3, -0.25) is 9.59 Å². The van der Waals surface area contributed by atoms with Crippen molar-refractivity contribution in [1.82, 2.24) is 9.80 Å². The molecule has 130 valence electrons. The minimum absolute atomic E-state index is 0.171. The Balaban J connectivity index is 1.48. The SMILES string of the molecule is NC1(C(=O)N2CCC(CN3CCCCC3=O)CC2)CCCCC1. The average molecular weight is 321 g/mol. The number of piperidine rings is 2. The summed E-state index contributed by atoms with van der Waals surface area (Å²) in [4.78, 5) is 28.7. The fourth-order valence-electron chi connectivity index (χ4n) is 4.40. The third kappa shape index (κ3) is 3.87. The van der Waals surface area contributed by atoms with Gasteiger partial charge in [-0.1, -0.05) is 19.3 Å². The van der Waals surface area contributed by atoms with E-state index in [1.54, 1.807) is 0 Å². The first-order chi connectivity index (χ1) is 11.1. The highest BCUT2D eigenvalue weighted by molar-refractivity contribution is 5.86. The van der Waals surface area contributed by atoms with Crippen LogP contribution < -0.4 is 5.73 Å². The quantitative estimate of drug-likeness (QED) is 0.863. The van der Waals surface area contributed by atoms with E-state index < -0.39 is 5.54 Å². The molecule has 2 heterocycles. The molecule has 3 aliphatic rings. The van der Waals surface area contributed by atoms with Crippen molar-refractivity contribution in [1.29, 1.82) is 0 Å². The molecule has 5 nitrogen and oxygen atoms in total. The molecule has 2 saturated heterocycles. The zero-order valence-corrected chi connectivity index (χ0v) is 14.3. The summed E-state index contributed by atoms with van der Waals surface area (Å²) in [6.45, 7) is 3.42. The van der Waals surface area contributed by atoms with Crippen LogP contribution in [0.15, 0.2) is 0 Å². The predicted molar refractivity (Wildman–Crippen MR) is 89.7 cm³/mol. The number of likely N-dealkylation sites (tertiary alicyclic amines) is 2. The summed E-state index contributed by atoms with van der Waals surface area (Å²) in [5.74, 6) is 1.03. The van der Waals surface area contributed by atoms with Crippen LogP contribution >= 0.6 is 0 Å². The smallest absolute Gasteiger partial charge is 0.242 e. The van der Waals surface area contributed by atoms with Crippen molar-refractivity contribution in [2.45, 2.75) is 69.7 Å². The van der Waals surface area contributed by atoms with Crippen molar-refractivity contribution in [2.75, 3.05) is 26.2 Å². The number of amides is 2. The first-order valence-corrected chi connectivity index (χ1v) is 9.44. The van der Waals surface area contributed by atoms with Crippen LogP contribution in [0, 0.1) is 5.92 Å². The third-order valence-electron chi connectivity index (χ3n) is 5.97. The van der Waals surface area contributed by atoms with E-state index in [0.717, 1.165) is 77.5 Å². The molecule has 2 amide bonds. The standard InChI is InChI=1S/C18H31N3O2/c19-18(9-3-1-4-10-18)17(23)20-12-7-15(8-13-20)14-21-11-5-2-6-16(21)22/h15H,1-14,19H2. The third-order valence-corrected chi connectivity index (χ3v) is 5.97. The molecule has 0 unspecified atom stereocenters. The second-order valence-electron chi connectivity index (χ2n) is 7.75. The monoisotopic (exact) mass is 321 g/mol. The van der Waals surface area contributed by atoms with E-state index >= 15 is 0 Å². The molecule has 0 atom stereocenters. The summed E-state index contributed by atoms with van der Waals surface area (Å²) in [5, 5.41) is 0. The predicted octanol–water partition coefficient (Wildman–Crippen LogP) is 1.90.